The maximum Gasteiger partial charge on any atom is 0.390 e. The van der Waals surface area contributed by atoms with Gasteiger partial charge < -0.3 is 15.7 Å². The molecule has 0 aliphatic heterocycles. The summed E-state index contributed by atoms with van der Waals surface area (Å²) >= 11 is 0. The number of halogens is 4. The van der Waals surface area contributed by atoms with Gasteiger partial charge in [-0.25, -0.2) is 9.18 Å². The SMILES string of the molecule is CN(CCC(F)(F)F)c1cc(F)c(C(=O)O)cc1N. The first-order valence-electron chi connectivity index (χ1n) is 5.22. The Kier molecular flexibility index (Phi) is 4.23. The Labute approximate surface area is 106 Å². The molecule has 1 aromatic carbocycles. The number of benzene rings is 1. The molecular formula is C11H12F4N2O2. The van der Waals surface area contributed by atoms with Crippen LogP contribution in [-0.4, -0.2) is 30.8 Å². The number of nitrogen functional groups attached to an aromatic ring is 1. The minimum Gasteiger partial charge on any atom is -0.478 e. The summed E-state index contributed by atoms with van der Waals surface area (Å²) in [6, 6.07) is 1.70. The quantitative estimate of drug-likeness (QED) is 0.657. The second-order valence-electron chi connectivity index (χ2n) is 3.98. The van der Waals surface area contributed by atoms with E-state index >= 15 is 0 Å². The van der Waals surface area contributed by atoms with Crippen molar-refractivity contribution in [3.63, 3.8) is 0 Å². The van der Waals surface area contributed by atoms with Crippen molar-refractivity contribution in [2.45, 2.75) is 12.6 Å². The summed E-state index contributed by atoms with van der Waals surface area (Å²) in [6.07, 6.45) is -5.41. The van der Waals surface area contributed by atoms with Gasteiger partial charge in [0.2, 0.25) is 0 Å². The first kappa shape index (κ1) is 15.1. The second kappa shape index (κ2) is 5.33. The Balaban J connectivity index is 2.95. The molecule has 0 aromatic heterocycles. The standard InChI is InChI=1S/C11H12F4N2O2/c1-17(3-2-11(13,14)15)9-5-7(12)6(10(18)19)4-8(9)16/h4-5H,2-3,16H2,1H3,(H,18,19). The summed E-state index contributed by atoms with van der Waals surface area (Å²) in [6.45, 7) is -0.403. The number of hydrogen-bond acceptors (Lipinski definition) is 3. The molecule has 0 radical (unpaired) electrons. The molecule has 0 atom stereocenters. The van der Waals surface area contributed by atoms with Crippen molar-refractivity contribution in [1.82, 2.24) is 0 Å². The van der Waals surface area contributed by atoms with Crippen LogP contribution >= 0.6 is 0 Å². The predicted molar refractivity (Wildman–Crippen MR) is 61.7 cm³/mol. The van der Waals surface area contributed by atoms with Crippen LogP contribution in [0.25, 0.3) is 0 Å². The van der Waals surface area contributed by atoms with Crippen LogP contribution in [0.4, 0.5) is 28.9 Å². The molecule has 106 valence electrons. The number of aromatic carboxylic acids is 1. The smallest absolute Gasteiger partial charge is 0.390 e. The maximum atomic E-state index is 13.4. The zero-order valence-electron chi connectivity index (χ0n) is 9.96. The molecule has 4 nitrogen and oxygen atoms in total. The summed E-state index contributed by atoms with van der Waals surface area (Å²) in [5, 5.41) is 8.67. The van der Waals surface area contributed by atoms with Crippen molar-refractivity contribution in [2.75, 3.05) is 24.2 Å². The summed E-state index contributed by atoms with van der Waals surface area (Å²) in [5.41, 5.74) is 4.82. The van der Waals surface area contributed by atoms with Gasteiger partial charge in [-0.05, 0) is 6.07 Å². The van der Waals surface area contributed by atoms with Crippen LogP contribution in [0.3, 0.4) is 0 Å². The third kappa shape index (κ3) is 4.01. The molecule has 0 aliphatic carbocycles. The van der Waals surface area contributed by atoms with Crippen molar-refractivity contribution in [3.8, 4) is 0 Å². The van der Waals surface area contributed by atoms with Crippen LogP contribution in [0, 0.1) is 5.82 Å². The highest BCUT2D eigenvalue weighted by molar-refractivity contribution is 5.90. The van der Waals surface area contributed by atoms with Gasteiger partial charge in [-0.2, -0.15) is 13.2 Å². The molecule has 1 aromatic rings. The molecule has 0 aliphatic rings. The molecule has 0 saturated carbocycles. The molecule has 0 fully saturated rings. The van der Waals surface area contributed by atoms with Gasteiger partial charge >= 0.3 is 12.1 Å². The van der Waals surface area contributed by atoms with Gasteiger partial charge in [-0.3, -0.25) is 0 Å². The zero-order valence-corrected chi connectivity index (χ0v) is 9.96. The van der Waals surface area contributed by atoms with Gasteiger partial charge in [0.15, 0.2) is 0 Å². The molecule has 3 N–H and O–H groups in total. The summed E-state index contributed by atoms with van der Waals surface area (Å²) < 4.78 is 49.6. The van der Waals surface area contributed by atoms with E-state index in [1.807, 2.05) is 0 Å². The third-order valence-electron chi connectivity index (χ3n) is 2.49. The van der Waals surface area contributed by atoms with E-state index in [0.29, 0.717) is 0 Å². The molecule has 0 unspecified atom stereocenters. The van der Waals surface area contributed by atoms with E-state index in [0.717, 1.165) is 17.0 Å². The van der Waals surface area contributed by atoms with Crippen molar-refractivity contribution >= 4 is 17.3 Å². The van der Waals surface area contributed by atoms with E-state index in [9.17, 15) is 22.4 Å². The average molecular weight is 280 g/mol. The van der Waals surface area contributed by atoms with Crippen LogP contribution < -0.4 is 10.6 Å². The van der Waals surface area contributed by atoms with Gasteiger partial charge in [0.25, 0.3) is 0 Å². The molecule has 0 heterocycles. The number of carbonyl (C=O) groups is 1. The van der Waals surface area contributed by atoms with Crippen LogP contribution in [0.5, 0.6) is 0 Å². The summed E-state index contributed by atoms with van der Waals surface area (Å²) in [4.78, 5) is 11.8. The van der Waals surface area contributed by atoms with E-state index in [1.165, 1.54) is 7.05 Å². The minimum absolute atomic E-state index is 0.0201. The zero-order chi connectivity index (χ0) is 14.8. The highest BCUT2D eigenvalue weighted by Crippen LogP contribution is 2.28. The van der Waals surface area contributed by atoms with Crippen LogP contribution in [0.1, 0.15) is 16.8 Å². The monoisotopic (exact) mass is 280 g/mol. The Hall–Kier alpha value is -1.99. The number of anilines is 2. The number of carboxylic acid groups (broad SMARTS) is 1. The summed E-state index contributed by atoms with van der Waals surface area (Å²) in [7, 11) is 1.32. The van der Waals surface area contributed by atoms with Gasteiger partial charge in [0.1, 0.15) is 5.82 Å². The van der Waals surface area contributed by atoms with Crippen molar-refractivity contribution in [3.05, 3.63) is 23.5 Å². The number of rotatable bonds is 4. The number of hydrogen-bond donors (Lipinski definition) is 2. The fourth-order valence-corrected chi connectivity index (χ4v) is 1.49. The molecule has 0 spiro atoms. The van der Waals surface area contributed by atoms with Crippen molar-refractivity contribution < 1.29 is 27.5 Å². The number of nitrogens with two attached hydrogens (primary N) is 1. The Morgan fingerprint density at radius 3 is 2.47 bits per heavy atom. The Bertz CT molecular complexity index is 488. The van der Waals surface area contributed by atoms with E-state index in [4.69, 9.17) is 10.8 Å². The van der Waals surface area contributed by atoms with Crippen molar-refractivity contribution in [2.24, 2.45) is 0 Å². The third-order valence-corrected chi connectivity index (χ3v) is 2.49. The largest absolute Gasteiger partial charge is 0.478 e. The lowest BCUT2D eigenvalue weighted by Gasteiger charge is -2.22. The van der Waals surface area contributed by atoms with Gasteiger partial charge in [-0.15, -0.1) is 0 Å². The highest BCUT2D eigenvalue weighted by atomic mass is 19.4. The molecular weight excluding hydrogens is 268 g/mol. The minimum atomic E-state index is -4.33. The Morgan fingerprint density at radius 1 is 1.42 bits per heavy atom. The summed E-state index contributed by atoms with van der Waals surface area (Å²) in [5.74, 6) is -2.54. The molecule has 1 rings (SSSR count). The van der Waals surface area contributed by atoms with E-state index in [1.54, 1.807) is 0 Å². The highest BCUT2D eigenvalue weighted by Gasteiger charge is 2.27. The lowest BCUT2D eigenvalue weighted by Crippen LogP contribution is -2.25. The fourth-order valence-electron chi connectivity index (χ4n) is 1.49. The van der Waals surface area contributed by atoms with Crippen molar-refractivity contribution in [1.29, 1.82) is 0 Å². The van der Waals surface area contributed by atoms with Gasteiger partial charge in [-0.1, -0.05) is 0 Å². The number of carboxylic acids is 1. The average Bonchev–Trinajstić information content (AvgIpc) is 2.27. The molecule has 19 heavy (non-hydrogen) atoms. The maximum absolute atomic E-state index is 13.4. The first-order valence-corrected chi connectivity index (χ1v) is 5.22. The van der Waals surface area contributed by atoms with Gasteiger partial charge in [0, 0.05) is 19.7 Å². The van der Waals surface area contributed by atoms with Crippen LogP contribution in [0.2, 0.25) is 0 Å². The molecule has 0 saturated heterocycles. The number of nitrogens with zero attached hydrogens (tertiary/aromatic N) is 1. The topological polar surface area (TPSA) is 66.6 Å². The molecule has 0 amide bonds. The Morgan fingerprint density at radius 2 is 2.00 bits per heavy atom. The normalized spacial score (nSPS) is 11.4. The lowest BCUT2D eigenvalue weighted by molar-refractivity contribution is -0.132. The van der Waals surface area contributed by atoms with Crippen LogP contribution in [0.15, 0.2) is 12.1 Å². The molecule has 8 heteroatoms. The van der Waals surface area contributed by atoms with E-state index in [2.05, 4.69) is 0 Å². The molecule has 0 bridgehead atoms. The lowest BCUT2D eigenvalue weighted by atomic mass is 10.1. The van der Waals surface area contributed by atoms with E-state index in [-0.39, 0.29) is 11.4 Å². The number of alkyl halides is 3. The second-order valence-corrected chi connectivity index (χ2v) is 3.98. The van der Waals surface area contributed by atoms with E-state index < -0.39 is 36.5 Å². The predicted octanol–water partition coefficient (Wildman–Crippen LogP) is 2.49. The first-order chi connectivity index (χ1) is 8.61. The fraction of sp³-hybridized carbons (Fsp3) is 0.364. The van der Waals surface area contributed by atoms with Crippen LogP contribution in [-0.2, 0) is 0 Å². The van der Waals surface area contributed by atoms with Gasteiger partial charge in [0.05, 0.1) is 23.4 Å².